The number of hydrogen-bond acceptors (Lipinski definition) is 5. The van der Waals surface area contributed by atoms with Crippen molar-refractivity contribution in [2.24, 2.45) is 4.99 Å². The van der Waals surface area contributed by atoms with Crippen LogP contribution in [0.15, 0.2) is 29.3 Å². The standard InChI is InChI=1S/C24H39N5O3.HI/c1-24(2,3)32-23(30)27-19-11-14-29(17-19)22(25-4)26-16-21(28-12-6-7-13-28)18-9-8-10-20(15-18)31-5;/h8-10,15,19,21H,6-7,11-14,16-17H2,1-5H3,(H,25,26)(H,27,30);1H. The number of guanidine groups is 1. The summed E-state index contributed by atoms with van der Waals surface area (Å²) in [7, 11) is 3.52. The molecule has 2 N–H and O–H groups in total. The molecule has 2 fully saturated rings. The maximum Gasteiger partial charge on any atom is 0.407 e. The molecule has 3 rings (SSSR count). The third-order valence-electron chi connectivity index (χ3n) is 5.93. The van der Waals surface area contributed by atoms with Crippen LogP contribution in [0.25, 0.3) is 0 Å². The summed E-state index contributed by atoms with van der Waals surface area (Å²) in [4.78, 5) is 21.4. The first-order chi connectivity index (χ1) is 15.3. The smallest absolute Gasteiger partial charge is 0.407 e. The monoisotopic (exact) mass is 573 g/mol. The lowest BCUT2D eigenvalue weighted by atomic mass is 10.1. The van der Waals surface area contributed by atoms with Crippen molar-refractivity contribution in [2.45, 2.75) is 57.7 Å². The van der Waals surface area contributed by atoms with Crippen LogP contribution >= 0.6 is 24.0 Å². The van der Waals surface area contributed by atoms with Gasteiger partial charge in [0.1, 0.15) is 11.4 Å². The second-order valence-corrected chi connectivity index (χ2v) is 9.54. The van der Waals surface area contributed by atoms with Gasteiger partial charge in [0.25, 0.3) is 0 Å². The van der Waals surface area contributed by atoms with Crippen LogP contribution in [-0.2, 0) is 4.74 Å². The van der Waals surface area contributed by atoms with Crippen molar-refractivity contribution in [2.75, 3.05) is 46.9 Å². The van der Waals surface area contributed by atoms with E-state index in [1.54, 1.807) is 7.11 Å². The molecule has 0 aliphatic carbocycles. The molecular weight excluding hydrogens is 533 g/mol. The molecule has 8 nitrogen and oxygen atoms in total. The second-order valence-electron chi connectivity index (χ2n) is 9.54. The van der Waals surface area contributed by atoms with Crippen LogP contribution in [-0.4, -0.2) is 80.4 Å². The van der Waals surface area contributed by atoms with E-state index >= 15 is 0 Å². The van der Waals surface area contributed by atoms with Crippen LogP contribution in [0, 0.1) is 0 Å². The number of hydrogen-bond donors (Lipinski definition) is 2. The van der Waals surface area contributed by atoms with E-state index in [0.29, 0.717) is 6.54 Å². The molecule has 2 unspecified atom stereocenters. The first kappa shape index (κ1) is 27.5. The molecule has 2 heterocycles. The zero-order valence-electron chi connectivity index (χ0n) is 20.6. The van der Waals surface area contributed by atoms with Gasteiger partial charge in [0.2, 0.25) is 0 Å². The number of halogens is 1. The second kappa shape index (κ2) is 12.6. The minimum Gasteiger partial charge on any atom is -0.497 e. The van der Waals surface area contributed by atoms with E-state index < -0.39 is 5.60 Å². The lowest BCUT2D eigenvalue weighted by molar-refractivity contribution is 0.0507. The largest absolute Gasteiger partial charge is 0.497 e. The molecule has 0 saturated carbocycles. The number of nitrogens with zero attached hydrogens (tertiary/aromatic N) is 3. The van der Waals surface area contributed by atoms with Crippen molar-refractivity contribution in [3.8, 4) is 5.75 Å². The lowest BCUT2D eigenvalue weighted by Gasteiger charge is -2.30. The molecule has 0 bridgehead atoms. The summed E-state index contributed by atoms with van der Waals surface area (Å²) in [6.07, 6.45) is 2.98. The number of carbonyl (C=O) groups is 1. The highest BCUT2D eigenvalue weighted by Gasteiger charge is 2.29. The molecular formula is C24H40IN5O3. The quantitative estimate of drug-likeness (QED) is 0.308. The third kappa shape index (κ3) is 8.20. The Kier molecular flexibility index (Phi) is 10.5. The lowest BCUT2D eigenvalue weighted by Crippen LogP contribution is -2.46. The minimum atomic E-state index is -0.495. The van der Waals surface area contributed by atoms with Crippen LogP contribution < -0.4 is 15.4 Å². The third-order valence-corrected chi connectivity index (χ3v) is 5.93. The molecule has 1 aromatic rings. The molecule has 2 saturated heterocycles. The number of alkyl carbamates (subject to hydrolysis) is 1. The highest BCUT2D eigenvalue weighted by molar-refractivity contribution is 14.0. The summed E-state index contributed by atoms with van der Waals surface area (Å²) in [6.45, 7) is 10.2. The highest BCUT2D eigenvalue weighted by Crippen LogP contribution is 2.27. The van der Waals surface area contributed by atoms with Gasteiger partial charge < -0.3 is 25.0 Å². The van der Waals surface area contributed by atoms with Crippen molar-refractivity contribution < 1.29 is 14.3 Å². The number of benzene rings is 1. The molecule has 33 heavy (non-hydrogen) atoms. The Morgan fingerprint density at radius 2 is 1.97 bits per heavy atom. The zero-order chi connectivity index (χ0) is 23.1. The molecule has 0 radical (unpaired) electrons. The van der Waals surface area contributed by atoms with Crippen LogP contribution in [0.5, 0.6) is 5.75 Å². The number of aliphatic imine (C=N–C) groups is 1. The van der Waals surface area contributed by atoms with Crippen LogP contribution in [0.4, 0.5) is 4.79 Å². The Hall–Kier alpha value is -1.75. The number of nitrogens with one attached hydrogen (secondary N) is 2. The predicted octanol–water partition coefficient (Wildman–Crippen LogP) is 3.62. The van der Waals surface area contributed by atoms with Crippen molar-refractivity contribution in [1.82, 2.24) is 20.4 Å². The van der Waals surface area contributed by atoms with E-state index in [1.807, 2.05) is 33.9 Å². The van der Waals surface area contributed by atoms with Gasteiger partial charge in [-0.3, -0.25) is 9.89 Å². The maximum atomic E-state index is 12.1. The Morgan fingerprint density at radius 3 is 2.61 bits per heavy atom. The average Bonchev–Trinajstić information content (AvgIpc) is 3.42. The van der Waals surface area contributed by atoms with Gasteiger partial charge in [0.05, 0.1) is 19.2 Å². The summed E-state index contributed by atoms with van der Waals surface area (Å²) < 4.78 is 10.8. The Bertz CT molecular complexity index is 793. The summed E-state index contributed by atoms with van der Waals surface area (Å²) in [5.41, 5.74) is 0.755. The number of carbonyl (C=O) groups excluding carboxylic acids is 1. The normalized spacial score (nSPS) is 20.2. The number of ether oxygens (including phenoxy) is 2. The Labute approximate surface area is 215 Å². The van der Waals surface area contributed by atoms with Gasteiger partial charge >= 0.3 is 6.09 Å². The first-order valence-corrected chi connectivity index (χ1v) is 11.6. The van der Waals surface area contributed by atoms with Crippen LogP contribution in [0.2, 0.25) is 0 Å². The molecule has 2 aliphatic heterocycles. The summed E-state index contributed by atoms with van der Waals surface area (Å²) in [5, 5.41) is 6.57. The first-order valence-electron chi connectivity index (χ1n) is 11.6. The van der Waals surface area contributed by atoms with E-state index in [4.69, 9.17) is 9.47 Å². The summed E-state index contributed by atoms with van der Waals surface area (Å²) in [6, 6.07) is 8.65. The summed E-state index contributed by atoms with van der Waals surface area (Å²) in [5.74, 6) is 1.75. The fourth-order valence-electron chi connectivity index (χ4n) is 4.42. The Balaban J connectivity index is 0.00000385. The van der Waals surface area contributed by atoms with Gasteiger partial charge in [-0.2, -0.15) is 0 Å². The number of amides is 1. The van der Waals surface area contributed by atoms with Gasteiger partial charge in [-0.15, -0.1) is 24.0 Å². The van der Waals surface area contributed by atoms with Crippen molar-refractivity contribution in [1.29, 1.82) is 0 Å². The maximum absolute atomic E-state index is 12.1. The van der Waals surface area contributed by atoms with Gasteiger partial charge in [-0.25, -0.2) is 4.79 Å². The van der Waals surface area contributed by atoms with E-state index in [1.165, 1.54) is 18.4 Å². The minimum absolute atomic E-state index is 0. The zero-order valence-corrected chi connectivity index (χ0v) is 22.9. The van der Waals surface area contributed by atoms with E-state index in [2.05, 4.69) is 43.6 Å². The number of methoxy groups -OCH3 is 1. The molecule has 186 valence electrons. The fraction of sp³-hybridized carbons (Fsp3) is 0.667. The topological polar surface area (TPSA) is 78.4 Å². The van der Waals surface area contributed by atoms with E-state index in [9.17, 15) is 4.79 Å². The van der Waals surface area contributed by atoms with Crippen molar-refractivity contribution in [3.05, 3.63) is 29.8 Å². The van der Waals surface area contributed by atoms with Crippen LogP contribution in [0.3, 0.4) is 0 Å². The SMILES string of the molecule is CN=C(NCC(c1cccc(OC)c1)N1CCCC1)N1CCC(NC(=O)OC(C)(C)C)C1.I. The van der Waals surface area contributed by atoms with Gasteiger partial charge in [0, 0.05) is 26.7 Å². The molecule has 2 atom stereocenters. The molecule has 0 aromatic heterocycles. The van der Waals surface area contributed by atoms with E-state index in [-0.39, 0.29) is 42.2 Å². The summed E-state index contributed by atoms with van der Waals surface area (Å²) >= 11 is 0. The molecule has 1 amide bonds. The van der Waals surface area contributed by atoms with Gasteiger partial charge in [-0.05, 0) is 70.8 Å². The molecule has 9 heteroatoms. The number of likely N-dealkylation sites (tertiary alicyclic amines) is 2. The number of rotatable bonds is 6. The molecule has 1 aromatic carbocycles. The van der Waals surface area contributed by atoms with Gasteiger partial charge in [-0.1, -0.05) is 12.1 Å². The van der Waals surface area contributed by atoms with Gasteiger partial charge in [0.15, 0.2) is 5.96 Å². The van der Waals surface area contributed by atoms with Crippen molar-refractivity contribution >= 4 is 36.0 Å². The molecule has 2 aliphatic rings. The predicted molar refractivity (Wildman–Crippen MR) is 143 cm³/mol. The highest BCUT2D eigenvalue weighted by atomic mass is 127. The fourth-order valence-corrected chi connectivity index (χ4v) is 4.42. The van der Waals surface area contributed by atoms with E-state index in [0.717, 1.165) is 44.3 Å². The van der Waals surface area contributed by atoms with Crippen LogP contribution in [0.1, 0.15) is 51.6 Å². The van der Waals surface area contributed by atoms with Crippen molar-refractivity contribution in [3.63, 3.8) is 0 Å². The average molecular weight is 574 g/mol. The molecule has 0 spiro atoms. The Morgan fingerprint density at radius 1 is 1.24 bits per heavy atom.